The van der Waals surface area contributed by atoms with Crippen molar-refractivity contribution in [3.05, 3.63) is 18.2 Å². The molecule has 1 aliphatic rings. The second kappa shape index (κ2) is 7.26. The normalized spacial score (nSPS) is 16.6. The lowest BCUT2D eigenvalue weighted by molar-refractivity contribution is -0.139. The first-order chi connectivity index (χ1) is 10.1. The lowest BCUT2D eigenvalue weighted by Gasteiger charge is -2.28. The standard InChI is InChI=1S/C15H22N2O4/c1-20-11-15(7-2-3-8-15)10-16-12-5-4-6-13(17-12)21-9-14(18)19/h4-6H,2-3,7-11H2,1H3,(H,16,17)(H,18,19). The number of anilines is 1. The predicted molar refractivity (Wildman–Crippen MR) is 78.6 cm³/mol. The molecular weight excluding hydrogens is 272 g/mol. The van der Waals surface area contributed by atoms with E-state index in [1.807, 2.05) is 6.07 Å². The first kappa shape index (κ1) is 15.6. The molecule has 1 fully saturated rings. The lowest BCUT2D eigenvalue weighted by atomic mass is 9.87. The Balaban J connectivity index is 1.92. The van der Waals surface area contributed by atoms with E-state index < -0.39 is 5.97 Å². The van der Waals surface area contributed by atoms with E-state index in [0.29, 0.717) is 11.7 Å². The van der Waals surface area contributed by atoms with Crippen molar-refractivity contribution in [1.82, 2.24) is 4.98 Å². The molecule has 21 heavy (non-hydrogen) atoms. The van der Waals surface area contributed by atoms with Gasteiger partial charge >= 0.3 is 5.97 Å². The van der Waals surface area contributed by atoms with Gasteiger partial charge in [0.05, 0.1) is 6.61 Å². The number of rotatable bonds is 8. The average molecular weight is 294 g/mol. The van der Waals surface area contributed by atoms with Crippen molar-refractivity contribution in [2.75, 3.05) is 32.2 Å². The number of hydrogen-bond acceptors (Lipinski definition) is 5. The second-order valence-corrected chi connectivity index (χ2v) is 5.54. The van der Waals surface area contributed by atoms with Crippen LogP contribution in [0.2, 0.25) is 0 Å². The molecule has 1 heterocycles. The summed E-state index contributed by atoms with van der Waals surface area (Å²) in [5, 5.41) is 11.9. The lowest BCUT2D eigenvalue weighted by Crippen LogP contribution is -2.31. The monoisotopic (exact) mass is 294 g/mol. The Morgan fingerprint density at radius 2 is 2.19 bits per heavy atom. The fourth-order valence-electron chi connectivity index (χ4n) is 2.81. The van der Waals surface area contributed by atoms with Gasteiger partial charge < -0.3 is 19.9 Å². The SMILES string of the molecule is COCC1(CNc2cccc(OCC(=O)O)n2)CCCC1. The largest absolute Gasteiger partial charge is 0.479 e. The first-order valence-corrected chi connectivity index (χ1v) is 7.18. The maximum absolute atomic E-state index is 10.5. The molecule has 0 bridgehead atoms. The quantitative estimate of drug-likeness (QED) is 0.765. The predicted octanol–water partition coefficient (Wildman–Crippen LogP) is 2.16. The number of carboxylic acids is 1. The van der Waals surface area contributed by atoms with Crippen molar-refractivity contribution >= 4 is 11.8 Å². The van der Waals surface area contributed by atoms with E-state index in [2.05, 4.69) is 10.3 Å². The summed E-state index contributed by atoms with van der Waals surface area (Å²) in [7, 11) is 1.73. The van der Waals surface area contributed by atoms with Crippen LogP contribution < -0.4 is 10.1 Å². The van der Waals surface area contributed by atoms with Gasteiger partial charge in [-0.05, 0) is 18.9 Å². The molecule has 1 aromatic rings. The summed E-state index contributed by atoms with van der Waals surface area (Å²) >= 11 is 0. The van der Waals surface area contributed by atoms with Crippen LogP contribution in [0.25, 0.3) is 0 Å². The summed E-state index contributed by atoms with van der Waals surface area (Å²) in [5.74, 6) is -0.00459. The van der Waals surface area contributed by atoms with Gasteiger partial charge in [0.1, 0.15) is 5.82 Å². The van der Waals surface area contributed by atoms with Gasteiger partial charge in [-0.2, -0.15) is 4.98 Å². The van der Waals surface area contributed by atoms with Crippen molar-refractivity contribution in [3.8, 4) is 5.88 Å². The van der Waals surface area contributed by atoms with Crippen molar-refractivity contribution in [2.24, 2.45) is 5.41 Å². The molecule has 2 N–H and O–H groups in total. The molecule has 116 valence electrons. The highest BCUT2D eigenvalue weighted by atomic mass is 16.5. The molecule has 6 heteroatoms. The third kappa shape index (κ3) is 4.60. The number of nitrogens with one attached hydrogen (secondary N) is 1. The molecule has 0 unspecified atom stereocenters. The van der Waals surface area contributed by atoms with Gasteiger partial charge in [-0.25, -0.2) is 4.79 Å². The third-order valence-electron chi connectivity index (χ3n) is 3.83. The smallest absolute Gasteiger partial charge is 0.341 e. The Kier molecular flexibility index (Phi) is 5.38. The van der Waals surface area contributed by atoms with Gasteiger partial charge in [-0.15, -0.1) is 0 Å². The maximum Gasteiger partial charge on any atom is 0.341 e. The zero-order valence-corrected chi connectivity index (χ0v) is 12.3. The highest BCUT2D eigenvalue weighted by molar-refractivity contribution is 5.68. The molecule has 0 atom stereocenters. The van der Waals surface area contributed by atoms with Crippen LogP contribution in [0.4, 0.5) is 5.82 Å². The highest BCUT2D eigenvalue weighted by Gasteiger charge is 2.33. The number of ether oxygens (including phenoxy) is 2. The number of carboxylic acid groups (broad SMARTS) is 1. The van der Waals surface area contributed by atoms with Gasteiger partial charge in [0.25, 0.3) is 0 Å². The molecule has 0 radical (unpaired) electrons. The highest BCUT2D eigenvalue weighted by Crippen LogP contribution is 2.38. The molecular formula is C15H22N2O4. The Bertz CT molecular complexity index is 472. The molecule has 0 aromatic carbocycles. The van der Waals surface area contributed by atoms with Crippen LogP contribution in [0.3, 0.4) is 0 Å². The number of carbonyl (C=O) groups is 1. The zero-order valence-electron chi connectivity index (χ0n) is 12.3. The van der Waals surface area contributed by atoms with Crippen LogP contribution >= 0.6 is 0 Å². The van der Waals surface area contributed by atoms with Gasteiger partial charge in [-0.1, -0.05) is 18.9 Å². The zero-order chi connectivity index (χ0) is 15.1. The summed E-state index contributed by atoms with van der Waals surface area (Å²) in [4.78, 5) is 14.7. The van der Waals surface area contributed by atoms with Crippen molar-refractivity contribution in [2.45, 2.75) is 25.7 Å². The molecule has 0 amide bonds. The minimum Gasteiger partial charge on any atom is -0.479 e. The topological polar surface area (TPSA) is 80.7 Å². The van der Waals surface area contributed by atoms with Gasteiger partial charge in [0, 0.05) is 25.1 Å². The van der Waals surface area contributed by atoms with E-state index in [1.165, 1.54) is 12.8 Å². The Morgan fingerprint density at radius 1 is 1.43 bits per heavy atom. The van der Waals surface area contributed by atoms with Crippen LogP contribution in [0.1, 0.15) is 25.7 Å². The first-order valence-electron chi connectivity index (χ1n) is 7.18. The summed E-state index contributed by atoms with van der Waals surface area (Å²) in [6.07, 6.45) is 4.78. The summed E-state index contributed by atoms with van der Waals surface area (Å²) in [5.41, 5.74) is 0.175. The van der Waals surface area contributed by atoms with E-state index >= 15 is 0 Å². The molecule has 1 aliphatic carbocycles. The van der Waals surface area contributed by atoms with E-state index in [1.54, 1.807) is 19.2 Å². The average Bonchev–Trinajstić information content (AvgIpc) is 2.93. The van der Waals surface area contributed by atoms with Gasteiger partial charge in [0.2, 0.25) is 5.88 Å². The summed E-state index contributed by atoms with van der Waals surface area (Å²) < 4.78 is 10.4. The van der Waals surface area contributed by atoms with Gasteiger partial charge in [-0.3, -0.25) is 0 Å². The van der Waals surface area contributed by atoms with Crippen molar-refractivity contribution < 1.29 is 19.4 Å². The van der Waals surface area contributed by atoms with Crippen molar-refractivity contribution in [3.63, 3.8) is 0 Å². The second-order valence-electron chi connectivity index (χ2n) is 5.54. The molecule has 2 rings (SSSR count). The fraction of sp³-hybridized carbons (Fsp3) is 0.600. The van der Waals surface area contributed by atoms with Crippen LogP contribution in [0.15, 0.2) is 18.2 Å². The Hall–Kier alpha value is -1.82. The molecule has 0 aliphatic heterocycles. The third-order valence-corrected chi connectivity index (χ3v) is 3.83. The number of methoxy groups -OCH3 is 1. The summed E-state index contributed by atoms with van der Waals surface area (Å²) in [6, 6.07) is 5.29. The number of hydrogen-bond donors (Lipinski definition) is 2. The van der Waals surface area contributed by atoms with Gasteiger partial charge in [0.15, 0.2) is 6.61 Å². The number of aliphatic carboxylic acids is 1. The van der Waals surface area contributed by atoms with E-state index in [-0.39, 0.29) is 12.0 Å². The van der Waals surface area contributed by atoms with E-state index in [9.17, 15) is 4.79 Å². The Morgan fingerprint density at radius 3 is 2.86 bits per heavy atom. The molecule has 1 saturated carbocycles. The molecule has 1 aromatic heterocycles. The maximum atomic E-state index is 10.5. The Labute approximate surface area is 124 Å². The van der Waals surface area contributed by atoms with E-state index in [4.69, 9.17) is 14.6 Å². The fourth-order valence-corrected chi connectivity index (χ4v) is 2.81. The molecule has 6 nitrogen and oxygen atoms in total. The summed E-state index contributed by atoms with van der Waals surface area (Å²) in [6.45, 7) is 1.16. The van der Waals surface area contributed by atoms with Crippen LogP contribution in [-0.4, -0.2) is 42.9 Å². The minimum atomic E-state index is -1.01. The van der Waals surface area contributed by atoms with Crippen LogP contribution in [0.5, 0.6) is 5.88 Å². The minimum absolute atomic E-state index is 0.175. The molecule has 0 spiro atoms. The van der Waals surface area contributed by atoms with Crippen LogP contribution in [0, 0.1) is 5.41 Å². The molecule has 0 saturated heterocycles. The van der Waals surface area contributed by atoms with E-state index in [0.717, 1.165) is 26.0 Å². The van der Waals surface area contributed by atoms with Crippen molar-refractivity contribution in [1.29, 1.82) is 0 Å². The number of nitrogens with zero attached hydrogens (tertiary/aromatic N) is 1. The van der Waals surface area contributed by atoms with Crippen LogP contribution in [-0.2, 0) is 9.53 Å². The number of pyridine rings is 1. The number of aromatic nitrogens is 1.